The van der Waals surface area contributed by atoms with Gasteiger partial charge in [-0.05, 0) is 12.2 Å². The van der Waals surface area contributed by atoms with Crippen molar-refractivity contribution in [1.82, 2.24) is 0 Å². The fourth-order valence-corrected chi connectivity index (χ4v) is 0.929. The molecule has 0 aromatic heterocycles. The number of Topliss-reactive ketones (excluding diaryl/α,β-unsaturated/α-hetero) is 1. The summed E-state index contributed by atoms with van der Waals surface area (Å²) in [5, 5.41) is 0. The molecule has 1 heterocycles. The van der Waals surface area contributed by atoms with Crippen LogP contribution in [0, 0.1) is 0 Å². The largest absolute Gasteiger partial charge is 0.453 e. The van der Waals surface area contributed by atoms with Gasteiger partial charge in [0.05, 0.1) is 0 Å². The Kier molecular flexibility index (Phi) is 1.09. The fourth-order valence-electron chi connectivity index (χ4n) is 0.929. The standard InChI is InChI=1S/C7H4O4/c8-4-1-2-5-7(6(4)9)11-3-10-5/h1-2H,3H2. The molecular weight excluding hydrogens is 148 g/mol. The van der Waals surface area contributed by atoms with E-state index in [0.717, 1.165) is 0 Å². The lowest BCUT2D eigenvalue weighted by molar-refractivity contribution is -0.133. The third-order valence-electron chi connectivity index (χ3n) is 1.46. The number of ether oxygens (including phenoxy) is 2. The van der Waals surface area contributed by atoms with Crippen LogP contribution in [-0.2, 0) is 19.1 Å². The van der Waals surface area contributed by atoms with Crippen molar-refractivity contribution in [2.24, 2.45) is 0 Å². The van der Waals surface area contributed by atoms with Gasteiger partial charge in [0.15, 0.2) is 5.76 Å². The molecule has 0 unspecified atom stereocenters. The molecule has 0 amide bonds. The second-order valence-corrected chi connectivity index (χ2v) is 2.13. The molecule has 0 fully saturated rings. The first-order chi connectivity index (χ1) is 5.29. The molecule has 4 heteroatoms. The highest BCUT2D eigenvalue weighted by molar-refractivity contribution is 6.47. The Balaban J connectivity index is 2.45. The van der Waals surface area contributed by atoms with E-state index in [4.69, 9.17) is 9.47 Å². The van der Waals surface area contributed by atoms with Crippen LogP contribution in [0.1, 0.15) is 0 Å². The van der Waals surface area contributed by atoms with Crippen molar-refractivity contribution in [2.75, 3.05) is 6.79 Å². The zero-order valence-electron chi connectivity index (χ0n) is 5.49. The Bertz CT molecular complexity index is 298. The van der Waals surface area contributed by atoms with E-state index in [1.807, 2.05) is 0 Å². The van der Waals surface area contributed by atoms with Gasteiger partial charge in [0.2, 0.25) is 18.3 Å². The predicted octanol–water partition coefficient (Wildman–Crippen LogP) is -0.0897. The van der Waals surface area contributed by atoms with Gasteiger partial charge in [0, 0.05) is 0 Å². The molecule has 56 valence electrons. The molecule has 0 saturated heterocycles. The highest BCUT2D eigenvalue weighted by Crippen LogP contribution is 2.21. The van der Waals surface area contributed by atoms with E-state index in [-0.39, 0.29) is 12.6 Å². The first kappa shape index (κ1) is 6.15. The molecule has 11 heavy (non-hydrogen) atoms. The van der Waals surface area contributed by atoms with Crippen LogP contribution in [0.2, 0.25) is 0 Å². The summed E-state index contributed by atoms with van der Waals surface area (Å²) in [6.07, 6.45) is 2.61. The van der Waals surface area contributed by atoms with E-state index in [1.54, 1.807) is 0 Å². The summed E-state index contributed by atoms with van der Waals surface area (Å²) in [6.45, 7) is 0.0219. The van der Waals surface area contributed by atoms with Crippen LogP contribution in [0.4, 0.5) is 0 Å². The molecule has 2 rings (SSSR count). The fraction of sp³-hybridized carbons (Fsp3) is 0.143. The Labute approximate surface area is 62.1 Å². The van der Waals surface area contributed by atoms with E-state index in [9.17, 15) is 9.59 Å². The Morgan fingerprint density at radius 1 is 1.18 bits per heavy atom. The molecule has 0 N–H and O–H groups in total. The minimum atomic E-state index is -0.625. The maximum absolute atomic E-state index is 10.9. The molecule has 1 aliphatic heterocycles. The molecule has 1 aliphatic carbocycles. The van der Waals surface area contributed by atoms with E-state index in [0.29, 0.717) is 5.76 Å². The average Bonchev–Trinajstić information content (AvgIpc) is 2.45. The summed E-state index contributed by atoms with van der Waals surface area (Å²) in [5.41, 5.74) is 0. The van der Waals surface area contributed by atoms with E-state index in [2.05, 4.69) is 0 Å². The average molecular weight is 152 g/mol. The summed E-state index contributed by atoms with van der Waals surface area (Å²) < 4.78 is 9.65. The molecule has 0 saturated carbocycles. The predicted molar refractivity (Wildman–Crippen MR) is 33.2 cm³/mol. The van der Waals surface area contributed by atoms with Gasteiger partial charge < -0.3 is 9.47 Å². The monoisotopic (exact) mass is 152 g/mol. The lowest BCUT2D eigenvalue weighted by Gasteiger charge is -2.00. The van der Waals surface area contributed by atoms with Gasteiger partial charge in [-0.1, -0.05) is 0 Å². The molecule has 4 nitrogen and oxygen atoms in total. The molecule has 0 atom stereocenters. The van der Waals surface area contributed by atoms with E-state index in [1.165, 1.54) is 12.2 Å². The van der Waals surface area contributed by atoms with Crippen molar-refractivity contribution >= 4 is 11.6 Å². The second-order valence-electron chi connectivity index (χ2n) is 2.13. The number of rotatable bonds is 0. The summed E-state index contributed by atoms with van der Waals surface area (Å²) in [4.78, 5) is 21.7. The number of carbonyl (C=O) groups is 2. The lowest BCUT2D eigenvalue weighted by Crippen LogP contribution is -2.17. The highest BCUT2D eigenvalue weighted by atomic mass is 16.7. The van der Waals surface area contributed by atoms with Crippen LogP contribution >= 0.6 is 0 Å². The first-order valence-electron chi connectivity index (χ1n) is 3.05. The van der Waals surface area contributed by atoms with Crippen molar-refractivity contribution < 1.29 is 19.1 Å². The summed E-state index contributed by atoms with van der Waals surface area (Å²) in [7, 11) is 0. The molecule has 0 aromatic rings. The Morgan fingerprint density at radius 3 is 2.82 bits per heavy atom. The molecule has 0 spiro atoms. The summed E-state index contributed by atoms with van der Waals surface area (Å²) >= 11 is 0. The molecule has 0 aromatic carbocycles. The second kappa shape index (κ2) is 1.95. The van der Waals surface area contributed by atoms with Gasteiger partial charge in [0.1, 0.15) is 0 Å². The third kappa shape index (κ3) is 0.756. The number of carbonyl (C=O) groups excluding carboxylic acids is 2. The molecular formula is C7H4O4. The maximum atomic E-state index is 10.9. The first-order valence-corrected chi connectivity index (χ1v) is 3.05. The Hall–Kier alpha value is -1.58. The van der Waals surface area contributed by atoms with Crippen LogP contribution in [0.3, 0.4) is 0 Å². The molecule has 0 bridgehead atoms. The van der Waals surface area contributed by atoms with Crippen molar-refractivity contribution in [3.05, 3.63) is 23.7 Å². The number of hydrogen-bond donors (Lipinski definition) is 0. The van der Waals surface area contributed by atoms with Crippen LogP contribution in [0.5, 0.6) is 0 Å². The zero-order valence-corrected chi connectivity index (χ0v) is 5.49. The van der Waals surface area contributed by atoms with Crippen LogP contribution in [0.25, 0.3) is 0 Å². The third-order valence-corrected chi connectivity index (χ3v) is 1.46. The van der Waals surface area contributed by atoms with Gasteiger partial charge in [-0.25, -0.2) is 0 Å². The zero-order chi connectivity index (χ0) is 7.84. The van der Waals surface area contributed by atoms with Crippen LogP contribution < -0.4 is 0 Å². The van der Waals surface area contributed by atoms with Gasteiger partial charge in [-0.15, -0.1) is 0 Å². The number of ketones is 2. The highest BCUT2D eigenvalue weighted by Gasteiger charge is 2.30. The SMILES string of the molecule is O=C1C=CC2=C(OCO2)C1=O. The molecule has 2 aliphatic rings. The molecule has 0 radical (unpaired) electrons. The minimum Gasteiger partial charge on any atom is -0.453 e. The van der Waals surface area contributed by atoms with Crippen molar-refractivity contribution in [3.8, 4) is 0 Å². The topological polar surface area (TPSA) is 52.6 Å². The lowest BCUT2D eigenvalue weighted by atomic mass is 10.1. The van der Waals surface area contributed by atoms with Gasteiger partial charge in [-0.2, -0.15) is 0 Å². The number of hydrogen-bond acceptors (Lipinski definition) is 4. The van der Waals surface area contributed by atoms with Crippen LogP contribution in [0.15, 0.2) is 23.7 Å². The van der Waals surface area contributed by atoms with Crippen LogP contribution in [-0.4, -0.2) is 18.4 Å². The van der Waals surface area contributed by atoms with Crippen molar-refractivity contribution in [3.63, 3.8) is 0 Å². The quantitative estimate of drug-likeness (QED) is 0.359. The van der Waals surface area contributed by atoms with Gasteiger partial charge >= 0.3 is 0 Å². The van der Waals surface area contributed by atoms with Gasteiger partial charge in [-0.3, -0.25) is 9.59 Å². The number of allylic oxidation sites excluding steroid dienone is 3. The van der Waals surface area contributed by atoms with Gasteiger partial charge in [0.25, 0.3) is 5.78 Å². The van der Waals surface area contributed by atoms with Crippen molar-refractivity contribution in [2.45, 2.75) is 0 Å². The van der Waals surface area contributed by atoms with E-state index < -0.39 is 11.6 Å². The van der Waals surface area contributed by atoms with Crippen molar-refractivity contribution in [1.29, 1.82) is 0 Å². The van der Waals surface area contributed by atoms with E-state index >= 15 is 0 Å². The Morgan fingerprint density at radius 2 is 2.00 bits per heavy atom. The minimum absolute atomic E-state index is 0.0219. The summed E-state index contributed by atoms with van der Waals surface area (Å²) in [6, 6.07) is 0. The maximum Gasteiger partial charge on any atom is 0.271 e. The normalized spacial score (nSPS) is 21.5. The smallest absolute Gasteiger partial charge is 0.271 e. The summed E-state index contributed by atoms with van der Waals surface area (Å²) in [5.74, 6) is -0.790.